The Kier molecular flexibility index (Phi) is 11.0. The van der Waals surface area contributed by atoms with Gasteiger partial charge in [0, 0.05) is 45.0 Å². The first-order valence-electron chi connectivity index (χ1n) is 10.2. The Morgan fingerprint density at radius 1 is 1.06 bits per heavy atom. The molecule has 0 bridgehead atoms. The van der Waals surface area contributed by atoms with Gasteiger partial charge in [-0.05, 0) is 61.9 Å². The van der Waals surface area contributed by atoms with E-state index in [1.54, 1.807) is 41.8 Å². The van der Waals surface area contributed by atoms with Crippen molar-refractivity contribution in [2.45, 2.75) is 50.6 Å². The monoisotopic (exact) mass is 500 g/mol. The van der Waals surface area contributed by atoms with Crippen molar-refractivity contribution in [1.29, 1.82) is 0 Å². The van der Waals surface area contributed by atoms with Crippen LogP contribution in [0.4, 0.5) is 0 Å². The molecule has 0 spiro atoms. The molecule has 2 aromatic rings. The van der Waals surface area contributed by atoms with Gasteiger partial charge in [-0.15, -0.1) is 11.8 Å². The SMILES string of the molecule is CCCNC(=O)C(C)N(Cc1c(Cl)cccc1Cl)C(=O)CCCSc1ccc(Cl)cc1. The fraction of sp³-hybridized carbons (Fsp3) is 0.391. The Bertz CT molecular complexity index is 857. The van der Waals surface area contributed by atoms with Crippen LogP contribution in [-0.4, -0.2) is 35.1 Å². The number of benzene rings is 2. The topological polar surface area (TPSA) is 49.4 Å². The standard InChI is InChI=1S/C23H27Cl3N2O2S/c1-3-13-27-23(30)16(2)28(15-19-20(25)6-4-7-21(19)26)22(29)8-5-14-31-18-11-9-17(24)10-12-18/h4,6-7,9-12,16H,3,5,8,13-15H2,1-2H3,(H,27,30). The van der Waals surface area contributed by atoms with Gasteiger partial charge in [-0.2, -0.15) is 0 Å². The number of nitrogens with zero attached hydrogens (tertiary/aromatic N) is 1. The van der Waals surface area contributed by atoms with Gasteiger partial charge in [-0.3, -0.25) is 9.59 Å². The van der Waals surface area contributed by atoms with Crippen LogP contribution in [0.25, 0.3) is 0 Å². The van der Waals surface area contributed by atoms with E-state index in [0.29, 0.717) is 40.0 Å². The lowest BCUT2D eigenvalue weighted by Gasteiger charge is -2.29. The summed E-state index contributed by atoms with van der Waals surface area (Å²) >= 11 is 20.2. The second-order valence-electron chi connectivity index (χ2n) is 7.09. The maximum absolute atomic E-state index is 13.1. The quantitative estimate of drug-likeness (QED) is 0.284. The van der Waals surface area contributed by atoms with Crippen molar-refractivity contribution in [2.75, 3.05) is 12.3 Å². The normalized spacial score (nSPS) is 11.8. The van der Waals surface area contributed by atoms with Crippen LogP contribution in [0.15, 0.2) is 47.4 Å². The van der Waals surface area contributed by atoms with Gasteiger partial charge in [-0.1, -0.05) is 47.8 Å². The number of rotatable bonds is 11. The van der Waals surface area contributed by atoms with E-state index in [4.69, 9.17) is 34.8 Å². The second kappa shape index (κ2) is 13.2. The highest BCUT2D eigenvalue weighted by molar-refractivity contribution is 7.99. The molecule has 2 aromatic carbocycles. The van der Waals surface area contributed by atoms with E-state index in [1.165, 1.54) is 0 Å². The van der Waals surface area contributed by atoms with Crippen molar-refractivity contribution in [1.82, 2.24) is 10.2 Å². The molecular formula is C23H27Cl3N2O2S. The third kappa shape index (κ3) is 8.23. The molecule has 0 aliphatic heterocycles. The zero-order valence-corrected chi connectivity index (χ0v) is 20.8. The second-order valence-corrected chi connectivity index (χ2v) is 9.51. The number of halogens is 3. The first-order chi connectivity index (χ1) is 14.8. The number of amides is 2. The molecule has 0 saturated heterocycles. The first kappa shape index (κ1) is 25.9. The molecule has 1 unspecified atom stereocenters. The molecule has 0 aliphatic rings. The van der Waals surface area contributed by atoms with Gasteiger partial charge in [0.25, 0.3) is 0 Å². The molecule has 2 rings (SSSR count). The van der Waals surface area contributed by atoms with Gasteiger partial charge in [0.15, 0.2) is 0 Å². The molecule has 1 N–H and O–H groups in total. The molecule has 8 heteroatoms. The number of hydrogen-bond donors (Lipinski definition) is 1. The van der Waals surface area contributed by atoms with Crippen LogP contribution in [0.1, 0.15) is 38.7 Å². The van der Waals surface area contributed by atoms with E-state index < -0.39 is 6.04 Å². The minimum Gasteiger partial charge on any atom is -0.354 e. The molecule has 0 fully saturated rings. The van der Waals surface area contributed by atoms with E-state index in [0.717, 1.165) is 17.1 Å². The Morgan fingerprint density at radius 3 is 2.32 bits per heavy atom. The predicted octanol–water partition coefficient (Wildman–Crippen LogP) is 6.46. The van der Waals surface area contributed by atoms with E-state index in [1.807, 2.05) is 31.2 Å². The van der Waals surface area contributed by atoms with Gasteiger partial charge in [0.2, 0.25) is 11.8 Å². The maximum Gasteiger partial charge on any atom is 0.242 e. The van der Waals surface area contributed by atoms with Crippen molar-refractivity contribution in [3.63, 3.8) is 0 Å². The third-order valence-electron chi connectivity index (χ3n) is 4.72. The molecule has 0 aliphatic carbocycles. The van der Waals surface area contributed by atoms with Crippen LogP contribution in [0.2, 0.25) is 15.1 Å². The van der Waals surface area contributed by atoms with E-state index in [2.05, 4.69) is 5.32 Å². The fourth-order valence-electron chi connectivity index (χ4n) is 2.92. The number of nitrogens with one attached hydrogen (secondary N) is 1. The zero-order chi connectivity index (χ0) is 22.8. The van der Waals surface area contributed by atoms with E-state index in [9.17, 15) is 9.59 Å². The van der Waals surface area contributed by atoms with Crippen LogP contribution in [-0.2, 0) is 16.1 Å². The predicted molar refractivity (Wildman–Crippen MR) is 131 cm³/mol. The molecule has 2 amide bonds. The molecule has 0 radical (unpaired) electrons. The summed E-state index contributed by atoms with van der Waals surface area (Å²) in [7, 11) is 0. The summed E-state index contributed by atoms with van der Waals surface area (Å²) < 4.78 is 0. The third-order valence-corrected chi connectivity index (χ3v) is 6.78. The summed E-state index contributed by atoms with van der Waals surface area (Å²) in [6.07, 6.45) is 1.83. The van der Waals surface area contributed by atoms with Crippen molar-refractivity contribution in [2.24, 2.45) is 0 Å². The van der Waals surface area contributed by atoms with E-state index >= 15 is 0 Å². The van der Waals surface area contributed by atoms with Crippen molar-refractivity contribution in [3.05, 3.63) is 63.1 Å². The molecule has 0 saturated carbocycles. The summed E-state index contributed by atoms with van der Waals surface area (Å²) in [6, 6.07) is 12.2. The summed E-state index contributed by atoms with van der Waals surface area (Å²) in [4.78, 5) is 28.3. The van der Waals surface area contributed by atoms with Crippen LogP contribution in [0, 0.1) is 0 Å². The van der Waals surface area contributed by atoms with Crippen molar-refractivity contribution >= 4 is 58.4 Å². The Labute approximate surface area is 203 Å². The average molecular weight is 502 g/mol. The summed E-state index contributed by atoms with van der Waals surface area (Å²) in [5, 5.41) is 4.51. The lowest BCUT2D eigenvalue weighted by Crippen LogP contribution is -2.47. The number of thioether (sulfide) groups is 1. The Balaban J connectivity index is 2.04. The lowest BCUT2D eigenvalue weighted by molar-refractivity contribution is -0.140. The van der Waals surface area contributed by atoms with Gasteiger partial charge < -0.3 is 10.2 Å². The number of carbonyl (C=O) groups is 2. The minimum absolute atomic E-state index is 0.105. The van der Waals surface area contributed by atoms with Crippen molar-refractivity contribution < 1.29 is 9.59 Å². The first-order valence-corrected chi connectivity index (χ1v) is 12.3. The van der Waals surface area contributed by atoms with Crippen LogP contribution >= 0.6 is 46.6 Å². The number of hydrogen-bond acceptors (Lipinski definition) is 3. The highest BCUT2D eigenvalue weighted by atomic mass is 35.5. The summed E-state index contributed by atoms with van der Waals surface area (Å²) in [6.45, 7) is 4.46. The fourth-order valence-corrected chi connectivity index (χ4v) is 4.42. The minimum atomic E-state index is -0.629. The van der Waals surface area contributed by atoms with Crippen LogP contribution < -0.4 is 5.32 Å². The van der Waals surface area contributed by atoms with Crippen molar-refractivity contribution in [3.8, 4) is 0 Å². The number of carbonyl (C=O) groups excluding carboxylic acids is 2. The maximum atomic E-state index is 13.1. The van der Waals surface area contributed by atoms with Crippen LogP contribution in [0.5, 0.6) is 0 Å². The molecule has 1 atom stereocenters. The highest BCUT2D eigenvalue weighted by Crippen LogP contribution is 2.27. The van der Waals surface area contributed by atoms with Crippen LogP contribution in [0.3, 0.4) is 0 Å². The average Bonchev–Trinajstić information content (AvgIpc) is 2.75. The summed E-state index contributed by atoms with van der Waals surface area (Å²) in [5.41, 5.74) is 0.643. The summed E-state index contributed by atoms with van der Waals surface area (Å²) in [5.74, 6) is 0.491. The Morgan fingerprint density at radius 2 is 1.71 bits per heavy atom. The van der Waals surface area contributed by atoms with Gasteiger partial charge >= 0.3 is 0 Å². The lowest BCUT2D eigenvalue weighted by atomic mass is 10.1. The zero-order valence-electron chi connectivity index (χ0n) is 17.7. The molecule has 168 valence electrons. The molecule has 0 heterocycles. The molecule has 4 nitrogen and oxygen atoms in total. The largest absolute Gasteiger partial charge is 0.354 e. The van der Waals surface area contributed by atoms with Gasteiger partial charge in [0.05, 0.1) is 0 Å². The van der Waals surface area contributed by atoms with Gasteiger partial charge in [-0.25, -0.2) is 0 Å². The van der Waals surface area contributed by atoms with E-state index in [-0.39, 0.29) is 18.4 Å². The van der Waals surface area contributed by atoms with Gasteiger partial charge in [0.1, 0.15) is 6.04 Å². The smallest absolute Gasteiger partial charge is 0.242 e. The molecular weight excluding hydrogens is 475 g/mol. The highest BCUT2D eigenvalue weighted by Gasteiger charge is 2.26. The molecule has 31 heavy (non-hydrogen) atoms. The molecule has 0 aromatic heterocycles. The Hall–Kier alpha value is -1.40.